The second-order valence-corrected chi connectivity index (χ2v) is 4.89. The van der Waals surface area contributed by atoms with Gasteiger partial charge in [-0.3, -0.25) is 14.1 Å². The molecule has 0 bridgehead atoms. The maximum absolute atomic E-state index is 12.3. The van der Waals surface area contributed by atoms with Gasteiger partial charge in [-0.05, 0) is 32.9 Å². The number of nitrogens with two attached hydrogens (primary N) is 1. The van der Waals surface area contributed by atoms with Crippen LogP contribution >= 0.6 is 0 Å². The Morgan fingerprint density at radius 2 is 2.12 bits per heavy atom. The number of aryl methyl sites for hydroxylation is 1. The van der Waals surface area contributed by atoms with Crippen molar-refractivity contribution in [1.29, 1.82) is 0 Å². The number of aromatic nitrogens is 3. The maximum atomic E-state index is 12.3. The van der Waals surface area contributed by atoms with Gasteiger partial charge in [0.05, 0.1) is 17.2 Å². The zero-order chi connectivity index (χ0) is 12.6. The molecule has 2 heterocycles. The van der Waals surface area contributed by atoms with Crippen LogP contribution in [0.2, 0.25) is 0 Å². The first-order chi connectivity index (χ1) is 7.99. The fourth-order valence-corrected chi connectivity index (χ4v) is 2.23. The van der Waals surface area contributed by atoms with Crippen LogP contribution in [0.15, 0.2) is 23.3 Å². The monoisotopic (exact) mass is 234 g/mol. The predicted molar refractivity (Wildman–Crippen MR) is 68.0 cm³/mol. The fraction of sp³-hybridized carbons (Fsp3) is 0.500. The van der Waals surface area contributed by atoms with Gasteiger partial charge in [0.25, 0.3) is 0 Å². The number of imidazole rings is 1. The molecule has 17 heavy (non-hydrogen) atoms. The van der Waals surface area contributed by atoms with Gasteiger partial charge in [0.1, 0.15) is 0 Å². The Hall–Kier alpha value is -1.62. The minimum absolute atomic E-state index is 0.0218. The van der Waals surface area contributed by atoms with E-state index >= 15 is 0 Å². The molecule has 0 aliphatic heterocycles. The van der Waals surface area contributed by atoms with Crippen LogP contribution in [0.3, 0.4) is 0 Å². The predicted octanol–water partition coefficient (Wildman–Crippen LogP) is 0.819. The lowest BCUT2D eigenvalue weighted by Crippen LogP contribution is -2.38. The molecule has 5 heteroatoms. The smallest absolute Gasteiger partial charge is 0.329 e. The highest BCUT2D eigenvalue weighted by molar-refractivity contribution is 5.75. The molecule has 2 aromatic rings. The van der Waals surface area contributed by atoms with Crippen LogP contribution < -0.4 is 11.4 Å². The Morgan fingerprint density at radius 3 is 2.76 bits per heavy atom. The first-order valence-corrected chi connectivity index (χ1v) is 5.71. The van der Waals surface area contributed by atoms with E-state index in [0.29, 0.717) is 6.54 Å². The van der Waals surface area contributed by atoms with Crippen molar-refractivity contribution in [2.75, 3.05) is 6.54 Å². The number of pyridine rings is 1. The molecule has 0 fully saturated rings. The van der Waals surface area contributed by atoms with Gasteiger partial charge in [0, 0.05) is 18.8 Å². The lowest BCUT2D eigenvalue weighted by Gasteiger charge is -2.25. The van der Waals surface area contributed by atoms with E-state index in [1.54, 1.807) is 28.6 Å². The lowest BCUT2D eigenvalue weighted by atomic mass is 10.0. The Bertz CT molecular complexity index is 594. The molecule has 2 rings (SSSR count). The Morgan fingerprint density at radius 1 is 1.41 bits per heavy atom. The van der Waals surface area contributed by atoms with E-state index in [1.165, 1.54) is 0 Å². The van der Waals surface area contributed by atoms with Crippen molar-refractivity contribution in [2.24, 2.45) is 12.8 Å². The minimum Gasteiger partial charge on any atom is -0.330 e. The molecular formula is C12H18N4O. The standard InChI is InChI=1S/C12H18N4O/c1-12(2,5-6-13)16-9-4-7-14-8-10(9)15(3)11(16)17/h4,7-8H,5-6,13H2,1-3H3. The third kappa shape index (κ3) is 1.76. The SMILES string of the molecule is Cn1c(=O)n(C(C)(C)CCN)c2ccncc21. The molecule has 0 aromatic carbocycles. The summed E-state index contributed by atoms with van der Waals surface area (Å²) in [5.41, 5.74) is 7.07. The number of rotatable bonds is 3. The number of hydrogen-bond acceptors (Lipinski definition) is 3. The lowest BCUT2D eigenvalue weighted by molar-refractivity contribution is 0.330. The summed E-state index contributed by atoms with van der Waals surface area (Å²) >= 11 is 0. The first kappa shape index (κ1) is 11.9. The highest BCUT2D eigenvalue weighted by atomic mass is 16.1. The summed E-state index contributed by atoms with van der Waals surface area (Å²) in [5.74, 6) is 0. The second kappa shape index (κ2) is 4.00. The van der Waals surface area contributed by atoms with Crippen LogP contribution in [0.1, 0.15) is 20.3 Å². The second-order valence-electron chi connectivity index (χ2n) is 4.89. The highest BCUT2D eigenvalue weighted by Crippen LogP contribution is 2.22. The van der Waals surface area contributed by atoms with Crippen molar-refractivity contribution >= 4 is 11.0 Å². The largest absolute Gasteiger partial charge is 0.330 e. The van der Waals surface area contributed by atoms with Crippen molar-refractivity contribution in [3.63, 3.8) is 0 Å². The average molecular weight is 234 g/mol. The third-order valence-electron chi connectivity index (χ3n) is 3.22. The van der Waals surface area contributed by atoms with Crippen LogP contribution in [-0.2, 0) is 12.6 Å². The van der Waals surface area contributed by atoms with Gasteiger partial charge < -0.3 is 5.73 Å². The van der Waals surface area contributed by atoms with Crippen LogP contribution in [-0.4, -0.2) is 20.7 Å². The van der Waals surface area contributed by atoms with Gasteiger partial charge in [-0.1, -0.05) is 0 Å². The van der Waals surface area contributed by atoms with E-state index in [9.17, 15) is 4.79 Å². The van der Waals surface area contributed by atoms with E-state index in [2.05, 4.69) is 4.98 Å². The van der Waals surface area contributed by atoms with Crippen molar-refractivity contribution in [2.45, 2.75) is 25.8 Å². The Labute approximate surface area is 99.9 Å². The molecule has 2 N–H and O–H groups in total. The number of hydrogen-bond donors (Lipinski definition) is 1. The van der Waals surface area contributed by atoms with Crippen LogP contribution in [0.4, 0.5) is 0 Å². The van der Waals surface area contributed by atoms with Crippen molar-refractivity contribution in [3.8, 4) is 0 Å². The minimum atomic E-state index is -0.285. The molecule has 0 saturated heterocycles. The van der Waals surface area contributed by atoms with Gasteiger partial charge >= 0.3 is 5.69 Å². The van der Waals surface area contributed by atoms with Crippen LogP contribution in [0.25, 0.3) is 11.0 Å². The Kier molecular flexibility index (Phi) is 2.79. The summed E-state index contributed by atoms with van der Waals surface area (Å²) in [6, 6.07) is 1.87. The van der Waals surface area contributed by atoms with E-state index in [4.69, 9.17) is 5.73 Å². The van der Waals surface area contributed by atoms with E-state index in [1.807, 2.05) is 19.9 Å². The summed E-state index contributed by atoms with van der Waals surface area (Å²) in [4.78, 5) is 16.3. The van der Waals surface area contributed by atoms with E-state index in [-0.39, 0.29) is 11.2 Å². The van der Waals surface area contributed by atoms with E-state index in [0.717, 1.165) is 17.5 Å². The summed E-state index contributed by atoms with van der Waals surface area (Å²) in [6.07, 6.45) is 4.18. The normalized spacial score (nSPS) is 12.2. The zero-order valence-corrected chi connectivity index (χ0v) is 10.5. The fourth-order valence-electron chi connectivity index (χ4n) is 2.23. The quantitative estimate of drug-likeness (QED) is 0.855. The third-order valence-corrected chi connectivity index (χ3v) is 3.22. The van der Waals surface area contributed by atoms with E-state index < -0.39 is 0 Å². The summed E-state index contributed by atoms with van der Waals surface area (Å²) < 4.78 is 3.43. The number of fused-ring (bicyclic) bond motifs is 1. The molecule has 0 radical (unpaired) electrons. The molecule has 0 unspecified atom stereocenters. The van der Waals surface area contributed by atoms with Gasteiger partial charge in [-0.25, -0.2) is 4.79 Å². The molecule has 0 spiro atoms. The zero-order valence-electron chi connectivity index (χ0n) is 10.5. The molecule has 0 atom stereocenters. The maximum Gasteiger partial charge on any atom is 0.329 e. The van der Waals surface area contributed by atoms with Crippen molar-refractivity contribution < 1.29 is 0 Å². The summed E-state index contributed by atoms with van der Waals surface area (Å²) in [5, 5.41) is 0. The number of nitrogens with zero attached hydrogens (tertiary/aromatic N) is 3. The topological polar surface area (TPSA) is 65.8 Å². The van der Waals surface area contributed by atoms with Crippen molar-refractivity contribution in [3.05, 3.63) is 28.9 Å². The molecule has 92 valence electrons. The van der Waals surface area contributed by atoms with Gasteiger partial charge in [-0.2, -0.15) is 0 Å². The molecule has 5 nitrogen and oxygen atoms in total. The summed E-state index contributed by atoms with van der Waals surface area (Å²) in [7, 11) is 1.77. The average Bonchev–Trinajstić information content (AvgIpc) is 2.53. The van der Waals surface area contributed by atoms with Crippen LogP contribution in [0.5, 0.6) is 0 Å². The van der Waals surface area contributed by atoms with Gasteiger partial charge in [0.15, 0.2) is 0 Å². The molecule has 2 aromatic heterocycles. The van der Waals surface area contributed by atoms with Crippen molar-refractivity contribution in [1.82, 2.24) is 14.1 Å². The molecule has 0 aliphatic carbocycles. The van der Waals surface area contributed by atoms with Gasteiger partial charge in [0.2, 0.25) is 0 Å². The van der Waals surface area contributed by atoms with Gasteiger partial charge in [-0.15, -0.1) is 0 Å². The molecule has 0 saturated carbocycles. The molecule has 0 amide bonds. The first-order valence-electron chi connectivity index (χ1n) is 5.71. The Balaban J connectivity index is 2.78. The summed E-state index contributed by atoms with van der Waals surface area (Å²) in [6.45, 7) is 4.61. The van der Waals surface area contributed by atoms with Crippen LogP contribution in [0, 0.1) is 0 Å². The highest BCUT2D eigenvalue weighted by Gasteiger charge is 2.25. The molecular weight excluding hydrogens is 216 g/mol. The molecule has 0 aliphatic rings.